The van der Waals surface area contributed by atoms with Crippen LogP contribution in [0.1, 0.15) is 37.3 Å². The van der Waals surface area contributed by atoms with Crippen LogP contribution in [0.25, 0.3) is 0 Å². The van der Waals surface area contributed by atoms with E-state index in [1.54, 1.807) is 0 Å². The molecule has 1 aromatic heterocycles. The van der Waals surface area contributed by atoms with E-state index >= 15 is 0 Å². The fourth-order valence-corrected chi connectivity index (χ4v) is 3.58. The lowest BCUT2D eigenvalue weighted by Crippen LogP contribution is -2.41. The summed E-state index contributed by atoms with van der Waals surface area (Å²) in [6.45, 7) is 2.34. The van der Waals surface area contributed by atoms with Crippen molar-refractivity contribution in [3.05, 3.63) is 28.5 Å². The summed E-state index contributed by atoms with van der Waals surface area (Å²) < 4.78 is 1.08. The molecule has 4 heteroatoms. The van der Waals surface area contributed by atoms with Gasteiger partial charge in [0.25, 0.3) is 0 Å². The molecule has 3 rings (SSSR count). The van der Waals surface area contributed by atoms with Gasteiger partial charge in [0.05, 0.1) is 0 Å². The molecule has 0 amide bonds. The third-order valence-corrected chi connectivity index (χ3v) is 4.75. The second-order valence-corrected chi connectivity index (χ2v) is 6.86. The third-order valence-electron chi connectivity index (χ3n) is 4.32. The quantitative estimate of drug-likeness (QED) is 0.923. The molecule has 2 atom stereocenters. The maximum Gasteiger partial charge on any atom is 0.0410 e. The number of aromatic nitrogens is 1. The molecule has 1 aliphatic heterocycles. The molecule has 104 valence electrons. The Hall–Kier alpha value is -0.450. The molecule has 2 unspecified atom stereocenters. The lowest BCUT2D eigenvalue weighted by atomic mass is 9.85. The lowest BCUT2D eigenvalue weighted by Gasteiger charge is -2.39. The van der Waals surface area contributed by atoms with Gasteiger partial charge in [0, 0.05) is 35.5 Å². The third kappa shape index (κ3) is 3.36. The zero-order chi connectivity index (χ0) is 13.2. The summed E-state index contributed by atoms with van der Waals surface area (Å²) in [6.07, 6.45) is 9.26. The zero-order valence-corrected chi connectivity index (χ0v) is 13.1. The first kappa shape index (κ1) is 13.5. The van der Waals surface area contributed by atoms with Crippen LogP contribution in [-0.4, -0.2) is 36.1 Å². The van der Waals surface area contributed by atoms with Crippen LogP contribution in [0.15, 0.2) is 22.9 Å². The minimum atomic E-state index is 0.505. The minimum absolute atomic E-state index is 0.505. The van der Waals surface area contributed by atoms with E-state index in [1.807, 2.05) is 12.4 Å². The maximum absolute atomic E-state index is 4.34. The molecule has 0 aromatic carbocycles. The number of rotatable bonds is 4. The number of pyridine rings is 1. The van der Waals surface area contributed by atoms with E-state index in [4.69, 9.17) is 0 Å². The Balaban J connectivity index is 1.75. The van der Waals surface area contributed by atoms with Crippen LogP contribution in [0.5, 0.6) is 0 Å². The molecule has 1 saturated heterocycles. The van der Waals surface area contributed by atoms with Crippen molar-refractivity contribution in [3.63, 3.8) is 0 Å². The Morgan fingerprint density at radius 2 is 2.21 bits per heavy atom. The molecule has 1 N–H and O–H groups in total. The summed E-state index contributed by atoms with van der Waals surface area (Å²) >= 11 is 3.54. The highest BCUT2D eigenvalue weighted by atomic mass is 79.9. The second kappa shape index (κ2) is 5.90. The number of hydrogen-bond donors (Lipinski definition) is 1. The van der Waals surface area contributed by atoms with Gasteiger partial charge < -0.3 is 5.32 Å². The Labute approximate surface area is 123 Å². The summed E-state index contributed by atoms with van der Waals surface area (Å²) in [6, 6.07) is 3.53. The van der Waals surface area contributed by atoms with Crippen molar-refractivity contribution >= 4 is 15.9 Å². The number of nitrogens with one attached hydrogen (secondary N) is 1. The van der Waals surface area contributed by atoms with Gasteiger partial charge in [-0.2, -0.15) is 0 Å². The highest BCUT2D eigenvalue weighted by Crippen LogP contribution is 2.35. The number of likely N-dealkylation sites (tertiary alicyclic amines) is 1. The Bertz CT molecular complexity index is 433. The van der Waals surface area contributed by atoms with Gasteiger partial charge in [-0.3, -0.25) is 9.88 Å². The molecule has 1 saturated carbocycles. The Morgan fingerprint density at radius 1 is 1.37 bits per heavy atom. The largest absolute Gasteiger partial charge is 0.314 e. The zero-order valence-electron chi connectivity index (χ0n) is 11.5. The van der Waals surface area contributed by atoms with Crippen LogP contribution in [-0.2, 0) is 0 Å². The van der Waals surface area contributed by atoms with Crippen LogP contribution in [0.2, 0.25) is 0 Å². The summed E-state index contributed by atoms with van der Waals surface area (Å²) in [4.78, 5) is 6.83. The Morgan fingerprint density at radius 3 is 2.95 bits per heavy atom. The summed E-state index contributed by atoms with van der Waals surface area (Å²) in [5, 5.41) is 3.70. The molecule has 0 spiro atoms. The first-order chi connectivity index (χ1) is 9.24. The molecule has 1 aliphatic carbocycles. The van der Waals surface area contributed by atoms with Crippen LogP contribution in [0, 0.1) is 5.92 Å². The molecule has 1 aromatic rings. The van der Waals surface area contributed by atoms with Gasteiger partial charge in [-0.25, -0.2) is 0 Å². The topological polar surface area (TPSA) is 28.2 Å². The highest BCUT2D eigenvalue weighted by molar-refractivity contribution is 9.10. The Kier molecular flexibility index (Phi) is 4.20. The molecular formula is C15H22BrN3. The van der Waals surface area contributed by atoms with Gasteiger partial charge in [-0.05, 0) is 72.8 Å². The molecule has 0 bridgehead atoms. The summed E-state index contributed by atoms with van der Waals surface area (Å²) in [5.41, 5.74) is 1.35. The maximum atomic E-state index is 4.34. The number of halogens is 1. The van der Waals surface area contributed by atoms with Crippen LogP contribution in [0.4, 0.5) is 0 Å². The van der Waals surface area contributed by atoms with E-state index in [0.29, 0.717) is 12.0 Å². The molecule has 2 aliphatic rings. The van der Waals surface area contributed by atoms with Gasteiger partial charge in [0.15, 0.2) is 0 Å². The molecular weight excluding hydrogens is 302 g/mol. The van der Waals surface area contributed by atoms with Crippen molar-refractivity contribution in [3.8, 4) is 0 Å². The summed E-state index contributed by atoms with van der Waals surface area (Å²) in [5.74, 6) is 0.704. The van der Waals surface area contributed by atoms with Crippen LogP contribution in [0.3, 0.4) is 0 Å². The molecule has 2 heterocycles. The van der Waals surface area contributed by atoms with Crippen molar-refractivity contribution in [2.45, 2.75) is 37.8 Å². The van der Waals surface area contributed by atoms with Crippen molar-refractivity contribution in [1.29, 1.82) is 0 Å². The second-order valence-electron chi connectivity index (χ2n) is 5.95. The molecule has 3 nitrogen and oxygen atoms in total. The van der Waals surface area contributed by atoms with Crippen molar-refractivity contribution in [2.75, 3.05) is 20.1 Å². The van der Waals surface area contributed by atoms with E-state index in [-0.39, 0.29) is 0 Å². The smallest absolute Gasteiger partial charge is 0.0410 e. The fourth-order valence-electron chi connectivity index (χ4n) is 3.20. The lowest BCUT2D eigenvalue weighted by molar-refractivity contribution is 0.119. The molecule has 19 heavy (non-hydrogen) atoms. The normalized spacial score (nSPS) is 28.5. The predicted octanol–water partition coefficient (Wildman–Crippen LogP) is 2.98. The monoisotopic (exact) mass is 323 g/mol. The first-order valence-corrected chi connectivity index (χ1v) is 8.07. The van der Waals surface area contributed by atoms with Gasteiger partial charge in [-0.15, -0.1) is 0 Å². The van der Waals surface area contributed by atoms with Gasteiger partial charge in [0.2, 0.25) is 0 Å². The van der Waals surface area contributed by atoms with Crippen molar-refractivity contribution in [1.82, 2.24) is 15.2 Å². The minimum Gasteiger partial charge on any atom is -0.314 e. The van der Waals surface area contributed by atoms with Gasteiger partial charge in [-0.1, -0.05) is 0 Å². The number of nitrogens with zero attached hydrogens (tertiary/aromatic N) is 2. The molecule has 2 fully saturated rings. The average molecular weight is 324 g/mol. The van der Waals surface area contributed by atoms with Crippen LogP contribution < -0.4 is 5.32 Å². The van der Waals surface area contributed by atoms with Gasteiger partial charge in [0.1, 0.15) is 0 Å². The van der Waals surface area contributed by atoms with E-state index in [0.717, 1.165) is 17.1 Å². The number of piperidine rings is 1. The van der Waals surface area contributed by atoms with Crippen molar-refractivity contribution in [2.24, 2.45) is 5.92 Å². The van der Waals surface area contributed by atoms with E-state index in [1.165, 1.54) is 37.8 Å². The van der Waals surface area contributed by atoms with E-state index in [9.17, 15) is 0 Å². The van der Waals surface area contributed by atoms with Crippen molar-refractivity contribution < 1.29 is 0 Å². The standard InChI is InChI=1S/C15H22BrN3/c1-19-6-2-3-11(9-18-14-4-5-14)15(19)12-7-13(16)10-17-8-12/h7-8,10-11,14-15,18H,2-6,9H2,1H3. The first-order valence-electron chi connectivity index (χ1n) is 7.28. The summed E-state index contributed by atoms with van der Waals surface area (Å²) in [7, 11) is 2.24. The number of hydrogen-bond acceptors (Lipinski definition) is 3. The SMILES string of the molecule is CN1CCCC(CNC2CC2)C1c1cncc(Br)c1. The fraction of sp³-hybridized carbons (Fsp3) is 0.667. The van der Waals surface area contributed by atoms with Gasteiger partial charge >= 0.3 is 0 Å². The molecule has 0 radical (unpaired) electrons. The average Bonchev–Trinajstić information content (AvgIpc) is 3.20. The van der Waals surface area contributed by atoms with Crippen LogP contribution >= 0.6 is 15.9 Å². The van der Waals surface area contributed by atoms with E-state index in [2.05, 4.69) is 44.2 Å². The highest BCUT2D eigenvalue weighted by Gasteiger charge is 2.32. The predicted molar refractivity (Wildman–Crippen MR) is 81.1 cm³/mol. The van der Waals surface area contributed by atoms with E-state index < -0.39 is 0 Å².